The highest BCUT2D eigenvalue weighted by Gasteiger charge is 2.38. The number of urea groups is 1. The second kappa shape index (κ2) is 6.67. The summed E-state index contributed by atoms with van der Waals surface area (Å²) in [4.78, 5) is 23.2. The average molecular weight is 296 g/mol. The van der Waals surface area contributed by atoms with E-state index in [-0.39, 0.29) is 23.4 Å². The predicted molar refractivity (Wildman–Crippen MR) is 81.2 cm³/mol. The van der Waals surface area contributed by atoms with Gasteiger partial charge in [-0.15, -0.1) is 0 Å². The van der Waals surface area contributed by atoms with Gasteiger partial charge in [-0.2, -0.15) is 0 Å². The van der Waals surface area contributed by atoms with E-state index in [1.54, 1.807) is 0 Å². The van der Waals surface area contributed by atoms with E-state index in [1.165, 1.54) is 12.8 Å². The van der Waals surface area contributed by atoms with Gasteiger partial charge in [-0.25, -0.2) is 4.79 Å². The van der Waals surface area contributed by atoms with E-state index in [4.69, 9.17) is 5.11 Å². The van der Waals surface area contributed by atoms with Crippen LogP contribution in [-0.2, 0) is 4.79 Å². The summed E-state index contributed by atoms with van der Waals surface area (Å²) in [5.74, 6) is -0.761. The van der Waals surface area contributed by atoms with E-state index in [0.717, 1.165) is 44.9 Å². The lowest BCUT2D eigenvalue weighted by atomic mass is 9.71. The Kier molecular flexibility index (Phi) is 5.12. The molecule has 0 heterocycles. The molecule has 2 saturated carbocycles. The molecular weight excluding hydrogens is 268 g/mol. The molecule has 0 spiro atoms. The summed E-state index contributed by atoms with van der Waals surface area (Å²) in [7, 11) is 0. The summed E-state index contributed by atoms with van der Waals surface area (Å²) in [6.45, 7) is 2.58. The Labute approximate surface area is 126 Å². The number of hydrogen-bond acceptors (Lipinski definition) is 2. The van der Waals surface area contributed by atoms with Gasteiger partial charge >= 0.3 is 12.0 Å². The normalized spacial score (nSPS) is 22.9. The zero-order chi connectivity index (χ0) is 15.3. The molecule has 0 aliphatic heterocycles. The molecule has 2 fully saturated rings. The SMILES string of the molecule is CCC1(NC(=O)NCC2(CC(=O)O)CCCCC2)CCC1. The number of aliphatic carboxylic acids is 1. The first kappa shape index (κ1) is 16.1. The van der Waals surface area contributed by atoms with Crippen molar-refractivity contribution >= 4 is 12.0 Å². The minimum atomic E-state index is -0.761. The van der Waals surface area contributed by atoms with Crippen molar-refractivity contribution in [1.82, 2.24) is 10.6 Å². The highest BCUT2D eigenvalue weighted by Crippen LogP contribution is 2.39. The van der Waals surface area contributed by atoms with Crippen molar-refractivity contribution in [3.05, 3.63) is 0 Å². The Morgan fingerprint density at radius 3 is 2.19 bits per heavy atom. The molecule has 21 heavy (non-hydrogen) atoms. The van der Waals surface area contributed by atoms with Crippen LogP contribution in [-0.4, -0.2) is 29.2 Å². The molecule has 0 aromatic carbocycles. The van der Waals surface area contributed by atoms with Crippen molar-refractivity contribution < 1.29 is 14.7 Å². The summed E-state index contributed by atoms with van der Waals surface area (Å²) in [5, 5.41) is 15.2. The van der Waals surface area contributed by atoms with Crippen LogP contribution in [0.5, 0.6) is 0 Å². The van der Waals surface area contributed by atoms with Crippen molar-refractivity contribution in [2.45, 2.75) is 76.7 Å². The van der Waals surface area contributed by atoms with Gasteiger partial charge in [-0.3, -0.25) is 4.79 Å². The summed E-state index contributed by atoms with van der Waals surface area (Å²) in [6, 6.07) is -0.133. The smallest absolute Gasteiger partial charge is 0.315 e. The third kappa shape index (κ3) is 4.11. The maximum absolute atomic E-state index is 12.1. The topological polar surface area (TPSA) is 78.4 Å². The molecule has 0 saturated heterocycles. The first-order valence-electron chi connectivity index (χ1n) is 8.27. The van der Waals surface area contributed by atoms with Crippen LogP contribution in [0.4, 0.5) is 4.79 Å². The van der Waals surface area contributed by atoms with Gasteiger partial charge in [-0.05, 0) is 43.9 Å². The largest absolute Gasteiger partial charge is 0.481 e. The molecule has 5 heteroatoms. The molecule has 2 aliphatic carbocycles. The van der Waals surface area contributed by atoms with Crippen LogP contribution < -0.4 is 10.6 Å². The van der Waals surface area contributed by atoms with Gasteiger partial charge in [0.05, 0.1) is 6.42 Å². The fourth-order valence-electron chi connectivity index (χ4n) is 3.76. The second-order valence-corrected chi connectivity index (χ2v) is 6.93. The number of carbonyl (C=O) groups is 2. The Hall–Kier alpha value is -1.26. The molecule has 0 radical (unpaired) electrons. The van der Waals surface area contributed by atoms with Gasteiger partial charge in [0.2, 0.25) is 0 Å². The minimum Gasteiger partial charge on any atom is -0.481 e. The molecule has 120 valence electrons. The Bertz CT molecular complexity index is 379. The van der Waals surface area contributed by atoms with Crippen molar-refractivity contribution in [2.24, 2.45) is 5.41 Å². The highest BCUT2D eigenvalue weighted by atomic mass is 16.4. The zero-order valence-corrected chi connectivity index (χ0v) is 13.0. The molecule has 5 nitrogen and oxygen atoms in total. The number of rotatable bonds is 6. The molecule has 2 rings (SSSR count). The van der Waals surface area contributed by atoms with Crippen LogP contribution >= 0.6 is 0 Å². The fraction of sp³-hybridized carbons (Fsp3) is 0.875. The van der Waals surface area contributed by atoms with Crippen LogP contribution in [0.3, 0.4) is 0 Å². The zero-order valence-electron chi connectivity index (χ0n) is 13.0. The van der Waals surface area contributed by atoms with Crippen molar-refractivity contribution in [2.75, 3.05) is 6.54 Å². The third-order valence-corrected chi connectivity index (χ3v) is 5.43. The van der Waals surface area contributed by atoms with Crippen LogP contribution in [0, 0.1) is 5.41 Å². The van der Waals surface area contributed by atoms with E-state index in [0.29, 0.717) is 6.54 Å². The highest BCUT2D eigenvalue weighted by molar-refractivity contribution is 5.75. The number of carboxylic acids is 1. The van der Waals surface area contributed by atoms with Gasteiger partial charge in [0, 0.05) is 12.1 Å². The maximum atomic E-state index is 12.1. The molecule has 0 atom stereocenters. The van der Waals surface area contributed by atoms with Crippen molar-refractivity contribution in [3.63, 3.8) is 0 Å². The fourth-order valence-corrected chi connectivity index (χ4v) is 3.76. The van der Waals surface area contributed by atoms with Gasteiger partial charge in [0.25, 0.3) is 0 Å². The minimum absolute atomic E-state index is 0.0173. The summed E-state index contributed by atoms with van der Waals surface area (Å²) >= 11 is 0. The first-order chi connectivity index (χ1) is 9.99. The van der Waals surface area contributed by atoms with Gasteiger partial charge < -0.3 is 15.7 Å². The monoisotopic (exact) mass is 296 g/mol. The van der Waals surface area contributed by atoms with E-state index in [1.807, 2.05) is 0 Å². The van der Waals surface area contributed by atoms with Gasteiger partial charge in [0.1, 0.15) is 0 Å². The first-order valence-corrected chi connectivity index (χ1v) is 8.27. The van der Waals surface area contributed by atoms with E-state index in [9.17, 15) is 9.59 Å². The number of carboxylic acid groups (broad SMARTS) is 1. The Morgan fingerprint density at radius 2 is 1.71 bits per heavy atom. The summed E-state index contributed by atoms with van der Waals surface area (Å²) in [5.41, 5.74) is -0.267. The molecule has 0 unspecified atom stereocenters. The number of hydrogen-bond donors (Lipinski definition) is 3. The van der Waals surface area contributed by atoms with Crippen LogP contribution in [0.15, 0.2) is 0 Å². The molecule has 0 bridgehead atoms. The van der Waals surface area contributed by atoms with E-state index < -0.39 is 5.97 Å². The van der Waals surface area contributed by atoms with Gasteiger partial charge in [0.15, 0.2) is 0 Å². The Morgan fingerprint density at radius 1 is 1.05 bits per heavy atom. The molecule has 2 amide bonds. The lowest BCUT2D eigenvalue weighted by Crippen LogP contribution is -2.57. The molecule has 2 aliphatic rings. The summed E-state index contributed by atoms with van der Waals surface area (Å²) < 4.78 is 0. The predicted octanol–water partition coefficient (Wildman–Crippen LogP) is 3.04. The maximum Gasteiger partial charge on any atom is 0.315 e. The van der Waals surface area contributed by atoms with E-state index >= 15 is 0 Å². The molecule has 0 aromatic rings. The number of nitrogens with one attached hydrogen (secondary N) is 2. The summed E-state index contributed by atoms with van der Waals surface area (Å²) in [6.07, 6.45) is 9.51. The standard InChI is InChI=1S/C16H28N2O3/c1-2-16(9-6-10-16)18-14(21)17-12-15(11-13(19)20)7-4-3-5-8-15/h2-12H2,1H3,(H,19,20)(H2,17,18,21). The lowest BCUT2D eigenvalue weighted by molar-refractivity contribution is -0.140. The number of amides is 2. The molecular formula is C16H28N2O3. The van der Waals surface area contributed by atoms with Gasteiger partial charge in [-0.1, -0.05) is 26.2 Å². The van der Waals surface area contributed by atoms with Crippen molar-refractivity contribution in [3.8, 4) is 0 Å². The number of carbonyl (C=O) groups excluding carboxylic acids is 1. The van der Waals surface area contributed by atoms with Crippen LogP contribution in [0.25, 0.3) is 0 Å². The third-order valence-electron chi connectivity index (χ3n) is 5.43. The van der Waals surface area contributed by atoms with Crippen molar-refractivity contribution in [1.29, 1.82) is 0 Å². The van der Waals surface area contributed by atoms with Crippen LogP contribution in [0.1, 0.15) is 71.1 Å². The average Bonchev–Trinajstić information content (AvgIpc) is 2.41. The van der Waals surface area contributed by atoms with Crippen LogP contribution in [0.2, 0.25) is 0 Å². The van der Waals surface area contributed by atoms with E-state index in [2.05, 4.69) is 17.6 Å². The Balaban J connectivity index is 1.86. The second-order valence-electron chi connectivity index (χ2n) is 6.93. The quantitative estimate of drug-likeness (QED) is 0.705. The molecule has 0 aromatic heterocycles. The lowest BCUT2D eigenvalue weighted by Gasteiger charge is -2.42. The molecule has 3 N–H and O–H groups in total.